The van der Waals surface area contributed by atoms with Crippen molar-refractivity contribution in [3.8, 4) is 0 Å². The van der Waals surface area contributed by atoms with Gasteiger partial charge in [-0.1, -0.05) is 18.2 Å². The van der Waals surface area contributed by atoms with Crippen LogP contribution in [-0.2, 0) is 0 Å². The summed E-state index contributed by atoms with van der Waals surface area (Å²) in [4.78, 5) is 36.2. The molecule has 2 rings (SSSR count). The summed E-state index contributed by atoms with van der Waals surface area (Å²) in [6, 6.07) is 12.3. The first-order chi connectivity index (χ1) is 11.4. The van der Waals surface area contributed by atoms with Crippen LogP contribution in [0.1, 0.15) is 20.7 Å². The van der Waals surface area contributed by atoms with Gasteiger partial charge in [0.15, 0.2) is 0 Å². The average Bonchev–Trinajstić information content (AvgIpc) is 2.59. The Balaban J connectivity index is 2.18. The van der Waals surface area contributed by atoms with E-state index in [2.05, 4.69) is 10.9 Å². The average molecular weight is 328 g/mol. The lowest BCUT2D eigenvalue weighted by Crippen LogP contribution is -2.42. The van der Waals surface area contributed by atoms with Crippen LogP contribution in [-0.4, -0.2) is 30.8 Å². The Morgan fingerprint density at radius 2 is 1.62 bits per heavy atom. The molecular formula is C16H16N4O4. The van der Waals surface area contributed by atoms with Crippen LogP contribution in [0.2, 0.25) is 0 Å². The summed E-state index contributed by atoms with van der Waals surface area (Å²) in [6.45, 7) is 0. The maximum absolute atomic E-state index is 12.3. The highest BCUT2D eigenvalue weighted by Gasteiger charge is 2.18. The smallest absolute Gasteiger partial charge is 0.272 e. The Labute approximate surface area is 138 Å². The molecule has 8 nitrogen and oxygen atoms in total. The van der Waals surface area contributed by atoms with E-state index in [4.69, 9.17) is 0 Å². The summed E-state index contributed by atoms with van der Waals surface area (Å²) in [5, 5.41) is 10.9. The SMILES string of the molecule is CN(C)c1ccc([N+](=O)[O-])cc1C(=O)NNC(=O)c1ccccc1. The number of nitrogens with one attached hydrogen (secondary N) is 2. The first kappa shape index (κ1) is 16.9. The zero-order valence-corrected chi connectivity index (χ0v) is 13.1. The van der Waals surface area contributed by atoms with E-state index in [1.54, 1.807) is 49.3 Å². The Morgan fingerprint density at radius 1 is 1.00 bits per heavy atom. The van der Waals surface area contributed by atoms with Gasteiger partial charge in [-0.15, -0.1) is 0 Å². The number of nitro groups is 1. The number of hydrogen-bond acceptors (Lipinski definition) is 5. The molecule has 0 saturated carbocycles. The molecule has 0 heterocycles. The summed E-state index contributed by atoms with van der Waals surface area (Å²) in [7, 11) is 3.42. The van der Waals surface area contributed by atoms with E-state index in [1.807, 2.05) is 0 Å². The van der Waals surface area contributed by atoms with E-state index in [0.717, 1.165) is 0 Å². The van der Waals surface area contributed by atoms with E-state index in [0.29, 0.717) is 11.3 Å². The minimum absolute atomic E-state index is 0.0857. The number of amides is 2. The quantitative estimate of drug-likeness (QED) is 0.657. The van der Waals surface area contributed by atoms with Crippen LogP contribution in [0.15, 0.2) is 48.5 Å². The number of non-ortho nitro benzene ring substituents is 1. The number of nitrogens with zero attached hydrogens (tertiary/aromatic N) is 2. The predicted molar refractivity (Wildman–Crippen MR) is 88.8 cm³/mol. The Bertz CT molecular complexity index is 775. The third kappa shape index (κ3) is 3.86. The number of anilines is 1. The first-order valence-corrected chi connectivity index (χ1v) is 7.01. The van der Waals surface area contributed by atoms with Crippen LogP contribution in [0.5, 0.6) is 0 Å². The minimum Gasteiger partial charge on any atom is -0.377 e. The molecule has 0 fully saturated rings. The first-order valence-electron chi connectivity index (χ1n) is 7.01. The Morgan fingerprint density at radius 3 is 2.21 bits per heavy atom. The van der Waals surface area contributed by atoms with E-state index in [9.17, 15) is 19.7 Å². The molecule has 2 amide bonds. The molecule has 24 heavy (non-hydrogen) atoms. The van der Waals surface area contributed by atoms with Crippen molar-refractivity contribution in [2.45, 2.75) is 0 Å². The van der Waals surface area contributed by atoms with Gasteiger partial charge in [-0.2, -0.15) is 0 Å². The molecule has 8 heteroatoms. The van der Waals surface area contributed by atoms with Crippen LogP contribution in [0.3, 0.4) is 0 Å². The van der Waals surface area contributed by atoms with Gasteiger partial charge in [0.25, 0.3) is 17.5 Å². The van der Waals surface area contributed by atoms with Crippen molar-refractivity contribution in [2.75, 3.05) is 19.0 Å². The lowest BCUT2D eigenvalue weighted by Gasteiger charge is -2.17. The molecule has 0 spiro atoms. The van der Waals surface area contributed by atoms with Crippen molar-refractivity contribution in [1.82, 2.24) is 10.9 Å². The molecule has 124 valence electrons. The predicted octanol–water partition coefficient (Wildman–Crippen LogP) is 1.74. The topological polar surface area (TPSA) is 105 Å². The van der Waals surface area contributed by atoms with Crippen LogP contribution in [0.4, 0.5) is 11.4 Å². The number of carbonyl (C=O) groups is 2. The van der Waals surface area contributed by atoms with Gasteiger partial charge >= 0.3 is 0 Å². The second kappa shape index (κ2) is 7.23. The van der Waals surface area contributed by atoms with E-state index in [-0.39, 0.29) is 11.3 Å². The molecule has 0 bridgehead atoms. The number of rotatable bonds is 4. The Hall–Kier alpha value is -3.42. The molecule has 0 aliphatic rings. The molecule has 2 N–H and O–H groups in total. The maximum atomic E-state index is 12.3. The summed E-state index contributed by atoms with van der Waals surface area (Å²) >= 11 is 0. The zero-order chi connectivity index (χ0) is 17.7. The van der Waals surface area contributed by atoms with Crippen molar-refractivity contribution in [3.05, 3.63) is 69.8 Å². The molecule has 0 unspecified atom stereocenters. The van der Waals surface area contributed by atoms with Crippen LogP contribution in [0, 0.1) is 10.1 Å². The fraction of sp³-hybridized carbons (Fsp3) is 0.125. The van der Waals surface area contributed by atoms with Crippen molar-refractivity contribution in [1.29, 1.82) is 0 Å². The normalized spacial score (nSPS) is 9.92. The molecule has 0 radical (unpaired) electrons. The summed E-state index contributed by atoms with van der Waals surface area (Å²) < 4.78 is 0. The number of carbonyl (C=O) groups excluding carboxylic acids is 2. The van der Waals surface area contributed by atoms with Crippen molar-refractivity contribution in [2.24, 2.45) is 0 Å². The number of benzene rings is 2. The molecule has 2 aromatic carbocycles. The van der Waals surface area contributed by atoms with Gasteiger partial charge in [-0.05, 0) is 18.2 Å². The minimum atomic E-state index is -0.647. The zero-order valence-electron chi connectivity index (χ0n) is 13.1. The van der Waals surface area contributed by atoms with Crippen LogP contribution in [0.25, 0.3) is 0 Å². The lowest BCUT2D eigenvalue weighted by molar-refractivity contribution is -0.384. The van der Waals surface area contributed by atoms with Crippen molar-refractivity contribution >= 4 is 23.2 Å². The van der Waals surface area contributed by atoms with Crippen LogP contribution >= 0.6 is 0 Å². The second-order valence-corrected chi connectivity index (χ2v) is 5.13. The van der Waals surface area contributed by atoms with E-state index < -0.39 is 16.7 Å². The van der Waals surface area contributed by atoms with Crippen molar-refractivity contribution in [3.63, 3.8) is 0 Å². The molecule has 0 saturated heterocycles. The highest BCUT2D eigenvalue weighted by molar-refractivity contribution is 6.02. The van der Waals surface area contributed by atoms with Gasteiger partial charge in [0.2, 0.25) is 0 Å². The van der Waals surface area contributed by atoms with Gasteiger partial charge in [0.05, 0.1) is 10.5 Å². The van der Waals surface area contributed by atoms with Crippen LogP contribution < -0.4 is 15.8 Å². The van der Waals surface area contributed by atoms with Gasteiger partial charge in [0, 0.05) is 37.5 Å². The summed E-state index contributed by atoms with van der Waals surface area (Å²) in [5.74, 6) is -1.13. The van der Waals surface area contributed by atoms with Crippen molar-refractivity contribution < 1.29 is 14.5 Å². The van der Waals surface area contributed by atoms with Gasteiger partial charge < -0.3 is 4.90 Å². The second-order valence-electron chi connectivity index (χ2n) is 5.13. The van der Waals surface area contributed by atoms with E-state index >= 15 is 0 Å². The highest BCUT2D eigenvalue weighted by Crippen LogP contribution is 2.23. The van der Waals surface area contributed by atoms with Gasteiger partial charge in [0.1, 0.15) is 0 Å². The largest absolute Gasteiger partial charge is 0.377 e. The number of nitro benzene ring substituents is 1. The maximum Gasteiger partial charge on any atom is 0.272 e. The molecule has 0 aliphatic carbocycles. The Kier molecular flexibility index (Phi) is 5.10. The molecule has 0 atom stereocenters. The third-order valence-corrected chi connectivity index (χ3v) is 3.24. The molecule has 0 aliphatic heterocycles. The van der Waals surface area contributed by atoms with E-state index in [1.165, 1.54) is 18.2 Å². The monoisotopic (exact) mass is 328 g/mol. The summed E-state index contributed by atoms with van der Waals surface area (Å²) in [6.07, 6.45) is 0. The fourth-order valence-electron chi connectivity index (χ4n) is 2.05. The summed E-state index contributed by atoms with van der Waals surface area (Å²) in [5.41, 5.74) is 5.31. The fourth-order valence-corrected chi connectivity index (χ4v) is 2.05. The number of hydrazine groups is 1. The lowest BCUT2D eigenvalue weighted by atomic mass is 10.1. The molecular weight excluding hydrogens is 312 g/mol. The number of hydrogen-bond donors (Lipinski definition) is 2. The standard InChI is InChI=1S/C16H16N4O4/c1-19(2)14-9-8-12(20(23)24)10-13(14)16(22)18-17-15(21)11-6-4-3-5-7-11/h3-10H,1-2H3,(H,17,21)(H,18,22). The molecule has 2 aromatic rings. The van der Waals surface area contributed by atoms with Gasteiger partial charge in [-0.25, -0.2) is 0 Å². The third-order valence-electron chi connectivity index (χ3n) is 3.24. The molecule has 0 aromatic heterocycles. The van der Waals surface area contributed by atoms with Gasteiger partial charge in [-0.3, -0.25) is 30.6 Å². The highest BCUT2D eigenvalue weighted by atomic mass is 16.6.